The van der Waals surface area contributed by atoms with Crippen LogP contribution in [0.15, 0.2) is 21.3 Å². The standard InChI is InChI=1S/C8H4N2O6S/c9-3(11)1-5(13)15-7(1)17-8-2(4(10)12)6(14)16-8/h(H2,9,11)(H2,10,12). The number of hydrogen-bond donors (Lipinski definition) is 2. The Morgan fingerprint density at radius 2 is 1.24 bits per heavy atom. The van der Waals surface area contributed by atoms with Crippen molar-refractivity contribution in [2.75, 3.05) is 0 Å². The molecule has 0 saturated carbocycles. The van der Waals surface area contributed by atoms with Crippen molar-refractivity contribution in [3.8, 4) is 0 Å². The molecule has 0 aromatic carbocycles. The van der Waals surface area contributed by atoms with Gasteiger partial charge in [0.05, 0.1) is 0 Å². The third-order valence-electron chi connectivity index (χ3n) is 1.87. The summed E-state index contributed by atoms with van der Waals surface area (Å²) < 4.78 is 9.02. The molecule has 8 nitrogen and oxygen atoms in total. The van der Waals surface area contributed by atoms with Crippen molar-refractivity contribution in [1.29, 1.82) is 0 Å². The van der Waals surface area contributed by atoms with Crippen molar-refractivity contribution in [3.63, 3.8) is 0 Å². The molecule has 4 N–H and O–H groups in total. The Labute approximate surface area is 97.6 Å². The Morgan fingerprint density at radius 1 is 0.882 bits per heavy atom. The molecule has 9 heteroatoms. The van der Waals surface area contributed by atoms with Gasteiger partial charge in [0.2, 0.25) is 0 Å². The zero-order chi connectivity index (χ0) is 12.7. The number of thioether (sulfide) groups is 1. The summed E-state index contributed by atoms with van der Waals surface area (Å²) in [6.45, 7) is 0. The van der Waals surface area contributed by atoms with Crippen LogP contribution in [0.1, 0.15) is 0 Å². The van der Waals surface area contributed by atoms with Gasteiger partial charge in [0.25, 0.3) is 11.8 Å². The van der Waals surface area contributed by atoms with Gasteiger partial charge in [-0.3, -0.25) is 9.59 Å². The molecule has 0 aliphatic carbocycles. The van der Waals surface area contributed by atoms with Crippen LogP contribution < -0.4 is 11.5 Å². The third kappa shape index (κ3) is 1.65. The lowest BCUT2D eigenvalue weighted by Crippen LogP contribution is -2.34. The molecular formula is C8H4N2O6S. The van der Waals surface area contributed by atoms with E-state index in [1.54, 1.807) is 0 Å². The van der Waals surface area contributed by atoms with Gasteiger partial charge in [-0.05, 0) is 11.8 Å². The lowest BCUT2D eigenvalue weighted by Gasteiger charge is -2.23. The largest absolute Gasteiger partial charge is 0.414 e. The molecule has 0 fully saturated rings. The Kier molecular flexibility index (Phi) is 2.39. The average molecular weight is 256 g/mol. The van der Waals surface area contributed by atoms with Crippen LogP contribution in [-0.2, 0) is 28.7 Å². The minimum atomic E-state index is -0.962. The first kappa shape index (κ1) is 11.2. The summed E-state index contributed by atoms with van der Waals surface area (Å²) in [4.78, 5) is 43.3. The van der Waals surface area contributed by atoms with Crippen LogP contribution >= 0.6 is 11.8 Å². The minimum Gasteiger partial charge on any atom is -0.414 e. The maximum absolute atomic E-state index is 10.8. The summed E-state index contributed by atoms with van der Waals surface area (Å²) in [7, 11) is 0. The normalized spacial score (nSPS) is 18.1. The van der Waals surface area contributed by atoms with Gasteiger partial charge in [0, 0.05) is 0 Å². The summed E-state index contributed by atoms with van der Waals surface area (Å²) in [5.74, 6) is -3.66. The molecule has 2 aliphatic rings. The van der Waals surface area contributed by atoms with Crippen LogP contribution in [0.25, 0.3) is 0 Å². The number of nitrogens with two attached hydrogens (primary N) is 2. The average Bonchev–Trinajstić information content (AvgIpc) is 2.12. The maximum Gasteiger partial charge on any atom is 0.354 e. The number of primary amides is 2. The summed E-state index contributed by atoms with van der Waals surface area (Å²) in [5, 5.41) is -0.243. The van der Waals surface area contributed by atoms with Crippen LogP contribution in [0.3, 0.4) is 0 Å². The first-order valence-corrected chi connectivity index (χ1v) is 4.94. The lowest BCUT2D eigenvalue weighted by atomic mass is 10.2. The molecule has 0 aromatic heterocycles. The third-order valence-corrected chi connectivity index (χ3v) is 2.81. The molecular weight excluding hydrogens is 252 g/mol. The molecule has 17 heavy (non-hydrogen) atoms. The van der Waals surface area contributed by atoms with Gasteiger partial charge in [-0.1, -0.05) is 0 Å². The molecule has 0 atom stereocenters. The predicted octanol–water partition coefficient (Wildman–Crippen LogP) is -1.77. The summed E-state index contributed by atoms with van der Waals surface area (Å²) >= 11 is 0.625. The quantitative estimate of drug-likeness (QED) is 0.448. The Morgan fingerprint density at radius 3 is 1.47 bits per heavy atom. The molecule has 2 amide bonds. The van der Waals surface area contributed by atoms with E-state index in [1.165, 1.54) is 0 Å². The SMILES string of the molecule is NC(=O)C1=C(SC2=C(C(N)=O)C(=O)O2)OC1=O. The highest BCUT2D eigenvalue weighted by Gasteiger charge is 2.41. The van der Waals surface area contributed by atoms with Crippen LogP contribution in [0, 0.1) is 0 Å². The fourth-order valence-electron chi connectivity index (χ4n) is 1.08. The van der Waals surface area contributed by atoms with Crippen LogP contribution in [0.4, 0.5) is 0 Å². The van der Waals surface area contributed by atoms with E-state index < -0.39 is 23.8 Å². The molecule has 2 heterocycles. The van der Waals surface area contributed by atoms with E-state index in [2.05, 4.69) is 9.47 Å². The summed E-state index contributed by atoms with van der Waals surface area (Å²) in [6.07, 6.45) is 0. The van der Waals surface area contributed by atoms with Crippen molar-refractivity contribution in [2.24, 2.45) is 11.5 Å². The molecule has 0 radical (unpaired) electrons. The monoisotopic (exact) mass is 256 g/mol. The number of amides is 2. The van der Waals surface area contributed by atoms with Crippen molar-refractivity contribution in [3.05, 3.63) is 21.3 Å². The minimum absolute atomic E-state index is 0.122. The van der Waals surface area contributed by atoms with E-state index in [0.717, 1.165) is 0 Å². The molecule has 0 bridgehead atoms. The van der Waals surface area contributed by atoms with Gasteiger partial charge in [0.1, 0.15) is 0 Å². The van der Waals surface area contributed by atoms with Crippen molar-refractivity contribution in [1.82, 2.24) is 0 Å². The number of ether oxygens (including phenoxy) is 2. The second kappa shape index (κ2) is 3.63. The highest BCUT2D eigenvalue weighted by atomic mass is 32.2. The van der Waals surface area contributed by atoms with E-state index >= 15 is 0 Å². The van der Waals surface area contributed by atoms with E-state index in [1.807, 2.05) is 0 Å². The lowest BCUT2D eigenvalue weighted by molar-refractivity contribution is -0.141. The fraction of sp³-hybridized carbons (Fsp3) is 0. The Balaban J connectivity index is 2.25. The molecule has 0 aromatic rings. The van der Waals surface area contributed by atoms with E-state index in [9.17, 15) is 19.2 Å². The molecule has 2 rings (SSSR count). The number of cyclic esters (lactones) is 2. The first-order valence-electron chi connectivity index (χ1n) is 4.12. The molecule has 88 valence electrons. The highest BCUT2D eigenvalue weighted by Crippen LogP contribution is 2.41. The zero-order valence-corrected chi connectivity index (χ0v) is 8.83. The van der Waals surface area contributed by atoms with E-state index in [4.69, 9.17) is 11.5 Å². The number of rotatable bonds is 4. The van der Waals surface area contributed by atoms with Crippen LogP contribution in [-0.4, -0.2) is 23.8 Å². The first-order chi connectivity index (χ1) is 7.91. The maximum atomic E-state index is 10.8. The van der Waals surface area contributed by atoms with E-state index in [-0.39, 0.29) is 21.3 Å². The second-order valence-electron chi connectivity index (χ2n) is 2.93. The zero-order valence-electron chi connectivity index (χ0n) is 8.01. The predicted molar refractivity (Wildman–Crippen MR) is 52.2 cm³/mol. The molecule has 0 saturated heterocycles. The van der Waals surface area contributed by atoms with Gasteiger partial charge in [-0.2, -0.15) is 0 Å². The van der Waals surface area contributed by atoms with Crippen molar-refractivity contribution >= 4 is 35.5 Å². The fourth-order valence-corrected chi connectivity index (χ4v) is 2.05. The molecule has 0 spiro atoms. The van der Waals surface area contributed by atoms with Gasteiger partial charge in [-0.15, -0.1) is 0 Å². The number of esters is 2. The smallest absolute Gasteiger partial charge is 0.354 e. The second-order valence-corrected chi connectivity index (χ2v) is 3.88. The molecule has 0 unspecified atom stereocenters. The van der Waals surface area contributed by atoms with Gasteiger partial charge >= 0.3 is 11.9 Å². The van der Waals surface area contributed by atoms with Gasteiger partial charge < -0.3 is 20.9 Å². The van der Waals surface area contributed by atoms with Crippen LogP contribution in [0.2, 0.25) is 0 Å². The summed E-state index contributed by atoms with van der Waals surface area (Å²) in [6, 6.07) is 0. The molecule has 2 aliphatic heterocycles. The Hall–Kier alpha value is -2.29. The van der Waals surface area contributed by atoms with Crippen molar-refractivity contribution < 1.29 is 28.7 Å². The highest BCUT2D eigenvalue weighted by molar-refractivity contribution is 8.06. The number of hydrogen-bond acceptors (Lipinski definition) is 7. The van der Waals surface area contributed by atoms with Crippen LogP contribution in [0.5, 0.6) is 0 Å². The van der Waals surface area contributed by atoms with E-state index in [0.29, 0.717) is 11.8 Å². The summed E-state index contributed by atoms with van der Waals surface area (Å²) in [5.41, 5.74) is 9.14. The van der Waals surface area contributed by atoms with Gasteiger partial charge in [0.15, 0.2) is 21.3 Å². The topological polar surface area (TPSA) is 139 Å². The number of carbonyl (C=O) groups excluding carboxylic acids is 4. The van der Waals surface area contributed by atoms with Gasteiger partial charge in [-0.25, -0.2) is 9.59 Å². The van der Waals surface area contributed by atoms with Crippen molar-refractivity contribution in [2.45, 2.75) is 0 Å². The number of carbonyl (C=O) groups is 4. The Bertz CT molecular complexity index is 498.